The van der Waals surface area contributed by atoms with Crippen LogP contribution >= 0.6 is 11.6 Å². The minimum Gasteiger partial charge on any atom is -0.310 e. The average molecular weight is 254 g/mol. The molecule has 2 heteroatoms. The third-order valence-electron chi connectivity index (χ3n) is 3.16. The fraction of sp³-hybridized carbons (Fsp3) is 0.600. The van der Waals surface area contributed by atoms with Crippen LogP contribution in [0.4, 0.5) is 0 Å². The highest BCUT2D eigenvalue weighted by Gasteiger charge is 2.12. The van der Waals surface area contributed by atoms with E-state index in [0.717, 1.165) is 11.6 Å². The quantitative estimate of drug-likeness (QED) is 0.683. The highest BCUT2D eigenvalue weighted by atomic mass is 35.5. The van der Waals surface area contributed by atoms with Crippen molar-refractivity contribution in [3.05, 3.63) is 34.3 Å². The largest absolute Gasteiger partial charge is 0.310 e. The summed E-state index contributed by atoms with van der Waals surface area (Å²) in [5.41, 5.74) is 2.69. The predicted octanol–water partition coefficient (Wildman–Crippen LogP) is 4.88. The molecule has 1 rings (SSSR count). The van der Waals surface area contributed by atoms with Crippen molar-refractivity contribution in [2.45, 2.75) is 52.5 Å². The zero-order valence-electron chi connectivity index (χ0n) is 11.2. The topological polar surface area (TPSA) is 12.0 Å². The number of hydrogen-bond donors (Lipinski definition) is 1. The van der Waals surface area contributed by atoms with E-state index in [4.69, 9.17) is 11.6 Å². The van der Waals surface area contributed by atoms with Crippen molar-refractivity contribution in [2.24, 2.45) is 0 Å². The highest BCUT2D eigenvalue weighted by Crippen LogP contribution is 2.25. The van der Waals surface area contributed by atoms with Gasteiger partial charge in [-0.25, -0.2) is 0 Å². The van der Waals surface area contributed by atoms with Crippen LogP contribution in [0.1, 0.15) is 56.7 Å². The van der Waals surface area contributed by atoms with Gasteiger partial charge in [0, 0.05) is 11.1 Å². The molecule has 0 spiro atoms. The third-order valence-corrected chi connectivity index (χ3v) is 3.40. The van der Waals surface area contributed by atoms with Crippen molar-refractivity contribution in [2.75, 3.05) is 6.54 Å². The van der Waals surface area contributed by atoms with Crippen molar-refractivity contribution in [3.63, 3.8) is 0 Å². The number of benzene rings is 1. The number of aryl methyl sites for hydroxylation is 1. The molecule has 0 radical (unpaired) electrons. The summed E-state index contributed by atoms with van der Waals surface area (Å²) >= 11 is 6.09. The first-order valence-electron chi connectivity index (χ1n) is 6.68. The molecule has 1 aromatic carbocycles. The van der Waals surface area contributed by atoms with Crippen LogP contribution in [-0.2, 0) is 0 Å². The van der Waals surface area contributed by atoms with Crippen LogP contribution in [0.3, 0.4) is 0 Å². The van der Waals surface area contributed by atoms with Crippen LogP contribution in [0, 0.1) is 6.92 Å². The molecule has 0 saturated carbocycles. The van der Waals surface area contributed by atoms with Crippen LogP contribution in [0.15, 0.2) is 18.2 Å². The number of hydrogen-bond acceptors (Lipinski definition) is 1. The molecule has 96 valence electrons. The second-order valence-corrected chi connectivity index (χ2v) is 5.04. The summed E-state index contributed by atoms with van der Waals surface area (Å²) in [6.07, 6.45) is 5.05. The van der Waals surface area contributed by atoms with E-state index in [1.807, 2.05) is 6.07 Å². The van der Waals surface area contributed by atoms with E-state index in [1.54, 1.807) is 0 Å². The molecule has 0 saturated heterocycles. The molecule has 0 bridgehead atoms. The number of nitrogens with one attached hydrogen (secondary N) is 1. The Morgan fingerprint density at radius 1 is 1.24 bits per heavy atom. The Kier molecular flexibility index (Phi) is 6.61. The van der Waals surface area contributed by atoms with Gasteiger partial charge in [-0.15, -0.1) is 0 Å². The fourth-order valence-electron chi connectivity index (χ4n) is 2.20. The van der Waals surface area contributed by atoms with Crippen LogP contribution in [0.2, 0.25) is 5.02 Å². The van der Waals surface area contributed by atoms with E-state index in [2.05, 4.69) is 38.2 Å². The molecule has 1 N–H and O–H groups in total. The molecular weight excluding hydrogens is 230 g/mol. The SMILES string of the molecule is CCCCCC(NCC)c1cc(Cl)ccc1C. The van der Waals surface area contributed by atoms with Crippen molar-refractivity contribution in [1.29, 1.82) is 0 Å². The van der Waals surface area contributed by atoms with Gasteiger partial charge in [-0.1, -0.05) is 50.8 Å². The van der Waals surface area contributed by atoms with Gasteiger partial charge < -0.3 is 5.32 Å². The molecule has 0 aliphatic carbocycles. The first-order chi connectivity index (χ1) is 8.19. The lowest BCUT2D eigenvalue weighted by atomic mass is 9.96. The minimum atomic E-state index is 0.449. The lowest BCUT2D eigenvalue weighted by Crippen LogP contribution is -2.21. The zero-order valence-corrected chi connectivity index (χ0v) is 12.0. The normalized spacial score (nSPS) is 12.7. The standard InChI is InChI=1S/C15H24ClN/c1-4-6-7-8-15(17-5-2)14-11-13(16)10-9-12(14)3/h9-11,15,17H,4-8H2,1-3H3. The summed E-state index contributed by atoms with van der Waals surface area (Å²) in [5.74, 6) is 0. The summed E-state index contributed by atoms with van der Waals surface area (Å²) < 4.78 is 0. The van der Waals surface area contributed by atoms with Crippen LogP contribution in [0.5, 0.6) is 0 Å². The van der Waals surface area contributed by atoms with Gasteiger partial charge in [0.2, 0.25) is 0 Å². The van der Waals surface area contributed by atoms with Gasteiger partial charge in [-0.05, 0) is 43.1 Å². The molecule has 1 unspecified atom stereocenters. The number of halogens is 1. The Labute approximate surface area is 111 Å². The van der Waals surface area contributed by atoms with Gasteiger partial charge in [-0.3, -0.25) is 0 Å². The van der Waals surface area contributed by atoms with Gasteiger partial charge in [0.25, 0.3) is 0 Å². The lowest BCUT2D eigenvalue weighted by Gasteiger charge is -2.20. The maximum absolute atomic E-state index is 6.09. The third kappa shape index (κ3) is 4.69. The minimum absolute atomic E-state index is 0.449. The summed E-state index contributed by atoms with van der Waals surface area (Å²) in [7, 11) is 0. The van der Waals surface area contributed by atoms with E-state index in [0.29, 0.717) is 6.04 Å². The van der Waals surface area contributed by atoms with Gasteiger partial charge in [-0.2, -0.15) is 0 Å². The van der Waals surface area contributed by atoms with E-state index in [9.17, 15) is 0 Å². The highest BCUT2D eigenvalue weighted by molar-refractivity contribution is 6.30. The van der Waals surface area contributed by atoms with Crippen LogP contribution < -0.4 is 5.32 Å². The Hall–Kier alpha value is -0.530. The maximum atomic E-state index is 6.09. The Morgan fingerprint density at radius 2 is 2.00 bits per heavy atom. The predicted molar refractivity (Wildman–Crippen MR) is 76.7 cm³/mol. The summed E-state index contributed by atoms with van der Waals surface area (Å²) in [4.78, 5) is 0. The maximum Gasteiger partial charge on any atom is 0.0409 e. The fourth-order valence-corrected chi connectivity index (χ4v) is 2.38. The van der Waals surface area contributed by atoms with E-state index in [-0.39, 0.29) is 0 Å². The number of rotatable bonds is 7. The monoisotopic (exact) mass is 253 g/mol. The van der Waals surface area contributed by atoms with Crippen molar-refractivity contribution < 1.29 is 0 Å². The average Bonchev–Trinajstić information content (AvgIpc) is 2.32. The van der Waals surface area contributed by atoms with E-state index >= 15 is 0 Å². The molecule has 17 heavy (non-hydrogen) atoms. The van der Waals surface area contributed by atoms with Gasteiger partial charge in [0.15, 0.2) is 0 Å². The zero-order chi connectivity index (χ0) is 12.7. The second-order valence-electron chi connectivity index (χ2n) is 4.61. The van der Waals surface area contributed by atoms with Crippen molar-refractivity contribution in [3.8, 4) is 0 Å². The molecule has 0 aromatic heterocycles. The Balaban J connectivity index is 2.77. The molecule has 0 heterocycles. The van der Waals surface area contributed by atoms with E-state index < -0.39 is 0 Å². The Morgan fingerprint density at radius 3 is 2.65 bits per heavy atom. The summed E-state index contributed by atoms with van der Waals surface area (Å²) in [6, 6.07) is 6.64. The van der Waals surface area contributed by atoms with Gasteiger partial charge in [0.05, 0.1) is 0 Å². The van der Waals surface area contributed by atoms with Crippen molar-refractivity contribution >= 4 is 11.6 Å². The summed E-state index contributed by atoms with van der Waals surface area (Å²) in [6.45, 7) is 7.57. The molecule has 1 atom stereocenters. The molecule has 0 amide bonds. The molecule has 0 fully saturated rings. The van der Waals surface area contributed by atoms with E-state index in [1.165, 1.54) is 36.8 Å². The van der Waals surface area contributed by atoms with Gasteiger partial charge >= 0.3 is 0 Å². The van der Waals surface area contributed by atoms with Crippen LogP contribution in [-0.4, -0.2) is 6.54 Å². The second kappa shape index (κ2) is 7.73. The molecule has 1 aromatic rings. The first-order valence-corrected chi connectivity index (χ1v) is 7.06. The molecule has 0 aliphatic rings. The van der Waals surface area contributed by atoms with Gasteiger partial charge in [0.1, 0.15) is 0 Å². The molecular formula is C15H24ClN. The number of unbranched alkanes of at least 4 members (excludes halogenated alkanes) is 2. The smallest absolute Gasteiger partial charge is 0.0409 e. The van der Waals surface area contributed by atoms with Crippen molar-refractivity contribution in [1.82, 2.24) is 5.32 Å². The Bertz CT molecular complexity index is 336. The summed E-state index contributed by atoms with van der Waals surface area (Å²) in [5, 5.41) is 4.40. The lowest BCUT2D eigenvalue weighted by molar-refractivity contribution is 0.485. The first kappa shape index (κ1) is 14.5. The molecule has 1 nitrogen and oxygen atoms in total. The molecule has 0 aliphatic heterocycles. The van der Waals surface area contributed by atoms with Crippen LogP contribution in [0.25, 0.3) is 0 Å².